The van der Waals surface area contributed by atoms with Gasteiger partial charge in [-0.25, -0.2) is 4.79 Å². The van der Waals surface area contributed by atoms with Crippen LogP contribution in [-0.2, 0) is 11.3 Å². The van der Waals surface area contributed by atoms with Crippen LogP contribution in [0.15, 0.2) is 42.5 Å². The van der Waals surface area contributed by atoms with Gasteiger partial charge in [-0.1, -0.05) is 45.0 Å². The van der Waals surface area contributed by atoms with Crippen LogP contribution in [0.3, 0.4) is 0 Å². The van der Waals surface area contributed by atoms with Crippen LogP contribution >= 0.6 is 0 Å². The molecule has 0 bridgehead atoms. The van der Waals surface area contributed by atoms with E-state index < -0.39 is 6.09 Å². The molecular weight excluding hydrogens is 324 g/mol. The summed E-state index contributed by atoms with van der Waals surface area (Å²) in [6.07, 6.45) is 0.412. The number of nitrogens with one attached hydrogen (secondary N) is 1. The van der Waals surface area contributed by atoms with Crippen LogP contribution in [0, 0.1) is 6.92 Å². The predicted octanol–water partition coefficient (Wildman–Crippen LogP) is 5.71. The Hall–Kier alpha value is -2.49. The monoisotopic (exact) mass is 354 g/mol. The summed E-state index contributed by atoms with van der Waals surface area (Å²) in [5.74, 6) is 0.550. The highest BCUT2D eigenvalue weighted by Gasteiger charge is 2.09. The molecule has 0 atom stereocenters. The van der Waals surface area contributed by atoms with Gasteiger partial charge in [0.25, 0.3) is 0 Å². The van der Waals surface area contributed by atoms with Gasteiger partial charge in [-0.3, -0.25) is 5.32 Å². The Bertz CT molecular complexity index is 723. The molecule has 1 N–H and O–H groups in total. The number of carbonyl (C=O) groups is 1. The molecule has 0 aliphatic rings. The highest BCUT2D eigenvalue weighted by molar-refractivity contribution is 5.86. The van der Waals surface area contributed by atoms with E-state index >= 15 is 0 Å². The van der Waals surface area contributed by atoms with Crippen molar-refractivity contribution in [2.24, 2.45) is 0 Å². The molecule has 2 aromatic carbocycles. The van der Waals surface area contributed by atoms with Crippen LogP contribution in [0.2, 0.25) is 0 Å². The van der Waals surface area contributed by atoms with Gasteiger partial charge in [-0.2, -0.15) is 0 Å². The summed E-state index contributed by atoms with van der Waals surface area (Å²) in [6.45, 7) is 9.64. The van der Waals surface area contributed by atoms with Gasteiger partial charge < -0.3 is 9.64 Å². The summed E-state index contributed by atoms with van der Waals surface area (Å²) in [4.78, 5) is 13.9. The molecule has 0 unspecified atom stereocenters. The zero-order chi connectivity index (χ0) is 19.1. The molecule has 0 spiro atoms. The first-order valence-electron chi connectivity index (χ1n) is 9.25. The molecule has 140 valence electrons. The van der Waals surface area contributed by atoms with Crippen molar-refractivity contribution in [3.63, 3.8) is 0 Å². The number of carbonyl (C=O) groups excluding carboxylic acids is 1. The highest BCUT2D eigenvalue weighted by atomic mass is 16.5. The Morgan fingerprint density at radius 1 is 1.15 bits per heavy atom. The predicted molar refractivity (Wildman–Crippen MR) is 109 cm³/mol. The molecule has 0 aliphatic carbocycles. The second-order valence-electron chi connectivity index (χ2n) is 7.01. The van der Waals surface area contributed by atoms with Crippen LogP contribution in [-0.4, -0.2) is 19.7 Å². The van der Waals surface area contributed by atoms with Crippen molar-refractivity contribution in [3.8, 4) is 0 Å². The average molecular weight is 354 g/mol. The van der Waals surface area contributed by atoms with Crippen molar-refractivity contribution in [2.45, 2.75) is 46.6 Å². The maximum Gasteiger partial charge on any atom is 0.411 e. The average Bonchev–Trinajstić information content (AvgIpc) is 2.62. The van der Waals surface area contributed by atoms with Crippen LogP contribution in [0.25, 0.3) is 0 Å². The van der Waals surface area contributed by atoms with Crippen molar-refractivity contribution in [2.75, 3.05) is 23.9 Å². The van der Waals surface area contributed by atoms with Crippen molar-refractivity contribution < 1.29 is 9.53 Å². The molecule has 0 saturated heterocycles. The van der Waals surface area contributed by atoms with Gasteiger partial charge in [-0.05, 0) is 54.2 Å². The van der Waals surface area contributed by atoms with Gasteiger partial charge in [0.05, 0.1) is 6.61 Å². The van der Waals surface area contributed by atoms with E-state index in [2.05, 4.69) is 61.4 Å². The van der Waals surface area contributed by atoms with Crippen LogP contribution in [0.1, 0.15) is 49.8 Å². The topological polar surface area (TPSA) is 41.6 Å². The van der Waals surface area contributed by atoms with Crippen molar-refractivity contribution >= 4 is 17.5 Å². The quantitative estimate of drug-likeness (QED) is 0.692. The van der Waals surface area contributed by atoms with E-state index in [1.54, 1.807) is 0 Å². The molecule has 26 heavy (non-hydrogen) atoms. The molecular formula is C22H30N2O2. The second-order valence-corrected chi connectivity index (χ2v) is 7.01. The molecule has 0 fully saturated rings. The minimum Gasteiger partial charge on any atom is -0.449 e. The fraction of sp³-hybridized carbons (Fsp3) is 0.409. The van der Waals surface area contributed by atoms with E-state index in [1.807, 2.05) is 26.0 Å². The summed E-state index contributed by atoms with van der Waals surface area (Å²) >= 11 is 0. The lowest BCUT2D eigenvalue weighted by Crippen LogP contribution is -2.17. The van der Waals surface area contributed by atoms with Gasteiger partial charge >= 0.3 is 6.09 Å². The first-order valence-corrected chi connectivity index (χ1v) is 9.25. The Morgan fingerprint density at radius 3 is 2.42 bits per heavy atom. The van der Waals surface area contributed by atoms with E-state index in [1.165, 1.54) is 11.1 Å². The van der Waals surface area contributed by atoms with Gasteiger partial charge in [0, 0.05) is 25.0 Å². The summed E-state index contributed by atoms with van der Waals surface area (Å²) in [5.41, 5.74) is 5.54. The lowest BCUT2D eigenvalue weighted by Gasteiger charge is -2.21. The Labute approximate surface area is 157 Å². The molecule has 0 aromatic heterocycles. The smallest absolute Gasteiger partial charge is 0.411 e. The molecule has 4 nitrogen and oxygen atoms in total. The Kier molecular flexibility index (Phi) is 7.07. The zero-order valence-electron chi connectivity index (χ0n) is 16.5. The Morgan fingerprint density at radius 2 is 1.85 bits per heavy atom. The fourth-order valence-corrected chi connectivity index (χ4v) is 2.74. The summed E-state index contributed by atoms with van der Waals surface area (Å²) in [5, 5.41) is 2.80. The number of amides is 1. The molecule has 0 saturated carbocycles. The largest absolute Gasteiger partial charge is 0.449 e. The standard InChI is InChI=1S/C22H30N2O2/c1-6-13-26-22(25)23-21-12-11-20(14-17(21)4)24(5)15-18-7-9-19(10-8-18)16(2)3/h7-12,14,16H,6,13,15H2,1-5H3,(H,23,25). The van der Waals surface area contributed by atoms with E-state index in [0.29, 0.717) is 12.5 Å². The van der Waals surface area contributed by atoms with Crippen molar-refractivity contribution in [3.05, 3.63) is 59.2 Å². The maximum absolute atomic E-state index is 11.7. The number of benzene rings is 2. The van der Waals surface area contributed by atoms with Gasteiger partial charge in [0.2, 0.25) is 0 Å². The third kappa shape index (κ3) is 5.51. The number of hydrogen-bond donors (Lipinski definition) is 1. The number of aryl methyl sites for hydroxylation is 1. The van der Waals surface area contributed by atoms with Crippen LogP contribution in [0.5, 0.6) is 0 Å². The summed E-state index contributed by atoms with van der Waals surface area (Å²) in [7, 11) is 2.08. The highest BCUT2D eigenvalue weighted by Crippen LogP contribution is 2.24. The van der Waals surface area contributed by atoms with E-state index in [9.17, 15) is 4.79 Å². The minimum absolute atomic E-state index is 0.402. The van der Waals surface area contributed by atoms with E-state index in [-0.39, 0.29) is 0 Å². The number of anilines is 2. The minimum atomic E-state index is -0.402. The molecule has 2 aromatic rings. The Balaban J connectivity index is 2.01. The van der Waals surface area contributed by atoms with Crippen LogP contribution in [0.4, 0.5) is 16.2 Å². The first kappa shape index (κ1) is 19.8. The second kappa shape index (κ2) is 9.27. The van der Waals surface area contributed by atoms with Crippen molar-refractivity contribution in [1.29, 1.82) is 0 Å². The van der Waals surface area contributed by atoms with Gasteiger partial charge in [-0.15, -0.1) is 0 Å². The molecule has 0 aliphatic heterocycles. The normalized spacial score (nSPS) is 10.7. The number of nitrogens with zero attached hydrogens (tertiary/aromatic N) is 1. The first-order chi connectivity index (χ1) is 12.4. The molecule has 4 heteroatoms. The lowest BCUT2D eigenvalue weighted by atomic mass is 10.0. The summed E-state index contributed by atoms with van der Waals surface area (Å²) in [6, 6.07) is 14.8. The van der Waals surface area contributed by atoms with E-state index in [4.69, 9.17) is 4.74 Å². The van der Waals surface area contributed by atoms with Gasteiger partial charge in [0.1, 0.15) is 0 Å². The summed E-state index contributed by atoms with van der Waals surface area (Å²) < 4.78 is 5.07. The van der Waals surface area contributed by atoms with Crippen LogP contribution < -0.4 is 10.2 Å². The van der Waals surface area contributed by atoms with Gasteiger partial charge in [0.15, 0.2) is 0 Å². The molecule has 0 heterocycles. The SMILES string of the molecule is CCCOC(=O)Nc1ccc(N(C)Cc2ccc(C(C)C)cc2)cc1C. The fourth-order valence-electron chi connectivity index (χ4n) is 2.74. The number of hydrogen-bond acceptors (Lipinski definition) is 3. The third-order valence-electron chi connectivity index (χ3n) is 4.39. The molecule has 0 radical (unpaired) electrons. The van der Waals surface area contributed by atoms with E-state index in [0.717, 1.165) is 29.9 Å². The van der Waals surface area contributed by atoms with Crippen molar-refractivity contribution in [1.82, 2.24) is 0 Å². The number of ether oxygens (including phenoxy) is 1. The maximum atomic E-state index is 11.7. The molecule has 2 rings (SSSR count). The zero-order valence-corrected chi connectivity index (χ0v) is 16.5. The third-order valence-corrected chi connectivity index (χ3v) is 4.39. The lowest BCUT2D eigenvalue weighted by molar-refractivity contribution is 0.161. The molecule has 1 amide bonds. The number of rotatable bonds is 7.